The van der Waals surface area contributed by atoms with Crippen molar-refractivity contribution in [3.05, 3.63) is 33.9 Å². The molecule has 21 heavy (non-hydrogen) atoms. The van der Waals surface area contributed by atoms with Crippen LogP contribution >= 0.6 is 23.2 Å². The number of benzene rings is 1. The molecular weight excluding hydrogens is 315 g/mol. The molecule has 0 radical (unpaired) electrons. The molecular formula is C15H18Cl2O4. The number of aryl methyl sites for hydroxylation is 1. The van der Waals surface area contributed by atoms with E-state index in [0.717, 1.165) is 0 Å². The maximum absolute atomic E-state index is 11.6. The van der Waals surface area contributed by atoms with Crippen molar-refractivity contribution in [2.24, 2.45) is 0 Å². The Hall–Kier alpha value is -1.26. The highest BCUT2D eigenvalue weighted by Gasteiger charge is 2.25. The zero-order chi connectivity index (χ0) is 16.4. The zero-order valence-corrected chi connectivity index (χ0v) is 13.7. The van der Waals surface area contributed by atoms with Gasteiger partial charge in [-0.15, -0.1) is 23.2 Å². The van der Waals surface area contributed by atoms with Gasteiger partial charge in [-0.05, 0) is 56.4 Å². The summed E-state index contributed by atoms with van der Waals surface area (Å²) in [4.78, 5) is 22.4. The van der Waals surface area contributed by atoms with Crippen molar-refractivity contribution in [3.63, 3.8) is 0 Å². The van der Waals surface area contributed by atoms with Crippen molar-refractivity contribution < 1.29 is 19.8 Å². The fourth-order valence-electron chi connectivity index (χ4n) is 2.24. The number of halogens is 2. The van der Waals surface area contributed by atoms with Gasteiger partial charge in [-0.3, -0.25) is 0 Å². The molecule has 1 rings (SSSR count). The van der Waals surface area contributed by atoms with Crippen LogP contribution < -0.4 is 0 Å². The van der Waals surface area contributed by atoms with E-state index >= 15 is 0 Å². The minimum absolute atomic E-state index is 0.0108. The second kappa shape index (κ2) is 6.67. The molecule has 0 saturated carbocycles. The SMILES string of the molecule is Cc1cc(C(=O)O)c(CCl)c(C(=O)O)c1CCC(C)(C)Cl. The molecule has 0 aliphatic heterocycles. The largest absolute Gasteiger partial charge is 0.478 e. The van der Waals surface area contributed by atoms with E-state index in [9.17, 15) is 19.8 Å². The lowest BCUT2D eigenvalue weighted by Crippen LogP contribution is -2.17. The molecule has 0 bridgehead atoms. The first kappa shape index (κ1) is 17.8. The number of alkyl halides is 2. The van der Waals surface area contributed by atoms with Crippen LogP contribution in [0.4, 0.5) is 0 Å². The van der Waals surface area contributed by atoms with Crippen molar-refractivity contribution in [1.82, 2.24) is 0 Å². The van der Waals surface area contributed by atoms with Crippen LogP contribution in [-0.4, -0.2) is 27.0 Å². The van der Waals surface area contributed by atoms with Crippen molar-refractivity contribution in [2.75, 3.05) is 0 Å². The number of hydrogen-bond donors (Lipinski definition) is 2. The molecule has 0 fully saturated rings. The Bertz CT molecular complexity index is 574. The van der Waals surface area contributed by atoms with Gasteiger partial charge in [0.25, 0.3) is 0 Å². The smallest absolute Gasteiger partial charge is 0.336 e. The van der Waals surface area contributed by atoms with Gasteiger partial charge in [-0.2, -0.15) is 0 Å². The van der Waals surface area contributed by atoms with Crippen LogP contribution in [0.1, 0.15) is 57.7 Å². The summed E-state index contributed by atoms with van der Waals surface area (Å²) >= 11 is 11.9. The fourth-order valence-corrected chi connectivity index (χ4v) is 2.61. The Morgan fingerprint density at radius 3 is 2.14 bits per heavy atom. The third kappa shape index (κ3) is 4.35. The van der Waals surface area contributed by atoms with Gasteiger partial charge in [0.2, 0.25) is 0 Å². The standard InChI is InChI=1S/C15H18Cl2O4/c1-8-6-10(13(18)19)11(7-16)12(14(20)21)9(8)4-5-15(2,3)17/h6H,4-5,7H2,1-3H3,(H,18,19)(H,20,21). The van der Waals surface area contributed by atoms with Gasteiger partial charge in [0.1, 0.15) is 0 Å². The lowest BCUT2D eigenvalue weighted by molar-refractivity contribution is 0.0694. The van der Waals surface area contributed by atoms with Crippen LogP contribution in [0.5, 0.6) is 0 Å². The number of carbonyl (C=O) groups is 2. The van der Waals surface area contributed by atoms with E-state index in [2.05, 4.69) is 0 Å². The van der Waals surface area contributed by atoms with Gasteiger partial charge in [0.05, 0.1) is 11.1 Å². The Morgan fingerprint density at radius 2 is 1.76 bits per heavy atom. The van der Waals surface area contributed by atoms with Crippen LogP contribution in [-0.2, 0) is 12.3 Å². The van der Waals surface area contributed by atoms with E-state index < -0.39 is 16.8 Å². The summed E-state index contributed by atoms with van der Waals surface area (Å²) in [7, 11) is 0. The van der Waals surface area contributed by atoms with E-state index in [-0.39, 0.29) is 22.6 Å². The van der Waals surface area contributed by atoms with Crippen LogP contribution in [0.15, 0.2) is 6.07 Å². The molecule has 0 heterocycles. The molecule has 0 aromatic heterocycles. The van der Waals surface area contributed by atoms with Crippen LogP contribution in [0.3, 0.4) is 0 Å². The van der Waals surface area contributed by atoms with Crippen molar-refractivity contribution in [3.8, 4) is 0 Å². The first-order valence-corrected chi connectivity index (χ1v) is 7.36. The van der Waals surface area contributed by atoms with Crippen LogP contribution in [0.25, 0.3) is 0 Å². The summed E-state index contributed by atoms with van der Waals surface area (Å²) in [6.07, 6.45) is 1.03. The second-order valence-corrected chi connectivity index (χ2v) is 6.83. The predicted octanol–water partition coefficient (Wildman–Crippen LogP) is 4.08. The summed E-state index contributed by atoms with van der Waals surface area (Å²) in [5.74, 6) is -2.51. The predicted molar refractivity (Wildman–Crippen MR) is 82.9 cm³/mol. The first-order chi connectivity index (χ1) is 9.58. The molecule has 1 aromatic rings. The number of aromatic carboxylic acids is 2. The molecule has 6 heteroatoms. The molecule has 116 valence electrons. The van der Waals surface area contributed by atoms with Crippen LogP contribution in [0, 0.1) is 6.92 Å². The lowest BCUT2D eigenvalue weighted by atomic mass is 9.88. The Morgan fingerprint density at radius 1 is 1.19 bits per heavy atom. The van der Waals surface area contributed by atoms with E-state index in [1.807, 2.05) is 13.8 Å². The molecule has 2 N–H and O–H groups in total. The highest BCUT2D eigenvalue weighted by Crippen LogP contribution is 2.29. The van der Waals surface area contributed by atoms with Gasteiger partial charge < -0.3 is 10.2 Å². The lowest BCUT2D eigenvalue weighted by Gasteiger charge is -2.20. The van der Waals surface area contributed by atoms with E-state index in [1.165, 1.54) is 6.07 Å². The summed E-state index contributed by atoms with van der Waals surface area (Å²) in [5, 5.41) is 18.7. The molecule has 0 amide bonds. The quantitative estimate of drug-likeness (QED) is 0.769. The number of hydrogen-bond acceptors (Lipinski definition) is 2. The van der Waals surface area contributed by atoms with Crippen LogP contribution in [0.2, 0.25) is 0 Å². The minimum Gasteiger partial charge on any atom is -0.478 e. The maximum atomic E-state index is 11.6. The number of rotatable bonds is 6. The van der Waals surface area contributed by atoms with Gasteiger partial charge in [0.15, 0.2) is 0 Å². The summed E-state index contributed by atoms with van der Waals surface area (Å²) in [5.41, 5.74) is 1.29. The van der Waals surface area contributed by atoms with Crippen molar-refractivity contribution in [1.29, 1.82) is 0 Å². The Kier molecular flexibility index (Phi) is 5.65. The fraction of sp³-hybridized carbons (Fsp3) is 0.467. The second-order valence-electron chi connectivity index (χ2n) is 5.54. The zero-order valence-electron chi connectivity index (χ0n) is 12.2. The molecule has 0 saturated heterocycles. The topological polar surface area (TPSA) is 74.6 Å². The minimum atomic E-state index is -1.18. The average Bonchev–Trinajstić information content (AvgIpc) is 2.34. The molecule has 0 spiro atoms. The average molecular weight is 333 g/mol. The normalized spacial score (nSPS) is 11.5. The third-order valence-corrected chi connectivity index (χ3v) is 3.77. The molecule has 0 aliphatic rings. The monoisotopic (exact) mass is 332 g/mol. The van der Waals surface area contributed by atoms with Crippen molar-refractivity contribution in [2.45, 2.75) is 44.4 Å². The van der Waals surface area contributed by atoms with Crippen molar-refractivity contribution >= 4 is 35.1 Å². The summed E-state index contributed by atoms with van der Waals surface area (Å²) in [6, 6.07) is 1.48. The molecule has 1 aromatic carbocycles. The molecule has 0 unspecified atom stereocenters. The number of carboxylic acids is 2. The Labute approximate surface area is 133 Å². The molecule has 4 nitrogen and oxygen atoms in total. The van der Waals surface area contributed by atoms with E-state index in [4.69, 9.17) is 23.2 Å². The highest BCUT2D eigenvalue weighted by molar-refractivity contribution is 6.23. The van der Waals surface area contributed by atoms with Gasteiger partial charge in [-0.25, -0.2) is 9.59 Å². The number of carboxylic acid groups (broad SMARTS) is 2. The van der Waals surface area contributed by atoms with Gasteiger partial charge in [0, 0.05) is 10.8 Å². The van der Waals surface area contributed by atoms with E-state index in [0.29, 0.717) is 24.0 Å². The summed E-state index contributed by atoms with van der Waals surface area (Å²) in [6.45, 7) is 5.39. The molecule has 0 atom stereocenters. The molecule has 0 aliphatic carbocycles. The third-order valence-electron chi connectivity index (χ3n) is 3.31. The maximum Gasteiger partial charge on any atom is 0.336 e. The first-order valence-electron chi connectivity index (χ1n) is 6.45. The Balaban J connectivity index is 3.49. The van der Waals surface area contributed by atoms with Gasteiger partial charge >= 0.3 is 11.9 Å². The summed E-state index contributed by atoms with van der Waals surface area (Å²) < 4.78 is 0. The highest BCUT2D eigenvalue weighted by atomic mass is 35.5. The van der Waals surface area contributed by atoms with E-state index in [1.54, 1.807) is 6.92 Å². The van der Waals surface area contributed by atoms with Gasteiger partial charge in [-0.1, -0.05) is 0 Å².